The molecule has 0 spiro atoms. The largest absolute Gasteiger partial charge is 0.358 e. The zero-order chi connectivity index (χ0) is 33.7. The van der Waals surface area contributed by atoms with E-state index in [1.54, 1.807) is 19.0 Å². The summed E-state index contributed by atoms with van der Waals surface area (Å²) in [7, 11) is 0. The molecule has 3 aliphatic rings. The summed E-state index contributed by atoms with van der Waals surface area (Å²) in [6.07, 6.45) is 19.1. The Morgan fingerprint density at radius 2 is 0.882 bits per heavy atom. The van der Waals surface area contributed by atoms with Crippen LogP contribution in [0.5, 0.6) is 0 Å². The van der Waals surface area contributed by atoms with E-state index < -0.39 is 0 Å². The highest BCUT2D eigenvalue weighted by atomic mass is 16.5. The number of nitrogens with zero attached hydrogens (tertiary/aromatic N) is 12. The molecule has 0 radical (unpaired) electrons. The van der Waals surface area contributed by atoms with Gasteiger partial charge in [0.1, 0.15) is 71.3 Å². The second-order valence-electron chi connectivity index (χ2n) is 13.4. The van der Waals surface area contributed by atoms with Crippen molar-refractivity contribution in [2.24, 2.45) is 0 Å². The van der Waals surface area contributed by atoms with Gasteiger partial charge in [-0.1, -0.05) is 12.1 Å². The molecule has 9 heterocycles. The van der Waals surface area contributed by atoms with Crippen molar-refractivity contribution < 1.29 is 14.2 Å². The van der Waals surface area contributed by atoms with Gasteiger partial charge < -0.3 is 14.2 Å². The fourth-order valence-electron chi connectivity index (χ4n) is 7.72. The number of benzene rings is 1. The fourth-order valence-corrected chi connectivity index (χ4v) is 7.72. The predicted octanol–water partition coefficient (Wildman–Crippen LogP) is 6.20. The Hall–Kier alpha value is -5.25. The first-order chi connectivity index (χ1) is 25.3. The minimum absolute atomic E-state index is 0.0963. The van der Waals surface area contributed by atoms with Gasteiger partial charge in [0.15, 0.2) is 16.9 Å². The average Bonchev–Trinajstić information content (AvgIpc) is 3.96. The van der Waals surface area contributed by atoms with Gasteiger partial charge in [-0.15, -0.1) is 0 Å². The van der Waals surface area contributed by atoms with Gasteiger partial charge in [-0.05, 0) is 63.9 Å². The summed E-state index contributed by atoms with van der Waals surface area (Å²) in [5.41, 5.74) is 8.77. The molecule has 51 heavy (non-hydrogen) atoms. The first kappa shape index (κ1) is 30.6. The molecule has 6 aromatic heterocycles. The van der Waals surface area contributed by atoms with Gasteiger partial charge in [0.25, 0.3) is 0 Å². The molecule has 1 aromatic carbocycles. The number of fused-ring (bicyclic) bond motifs is 3. The second kappa shape index (κ2) is 12.8. The van der Waals surface area contributed by atoms with E-state index in [0.717, 1.165) is 99.0 Å². The summed E-state index contributed by atoms with van der Waals surface area (Å²) in [5, 5.41) is 0. The van der Waals surface area contributed by atoms with Gasteiger partial charge in [-0.2, -0.15) is 0 Å². The Balaban J connectivity index is 1.15. The quantitative estimate of drug-likeness (QED) is 0.195. The van der Waals surface area contributed by atoms with Gasteiger partial charge in [-0.25, -0.2) is 44.9 Å². The maximum Gasteiger partial charge on any atom is 0.165 e. The lowest BCUT2D eigenvalue weighted by atomic mass is 9.96. The van der Waals surface area contributed by atoms with Crippen LogP contribution in [0.4, 0.5) is 0 Å². The molecule has 258 valence electrons. The van der Waals surface area contributed by atoms with Crippen LogP contribution in [0.25, 0.3) is 67.3 Å². The third-order valence-electron chi connectivity index (χ3n) is 10.3. The van der Waals surface area contributed by atoms with Crippen molar-refractivity contribution in [3.63, 3.8) is 0 Å². The van der Waals surface area contributed by atoms with Crippen molar-refractivity contribution in [2.45, 2.75) is 76.5 Å². The third kappa shape index (κ3) is 5.26. The van der Waals surface area contributed by atoms with E-state index in [0.29, 0.717) is 45.9 Å². The number of rotatable bonds is 6. The van der Waals surface area contributed by atoms with Crippen LogP contribution >= 0.6 is 0 Å². The molecule has 0 aliphatic carbocycles. The first-order valence-corrected chi connectivity index (χ1v) is 17.8. The first-order valence-electron chi connectivity index (χ1n) is 17.8. The van der Waals surface area contributed by atoms with Crippen molar-refractivity contribution in [1.82, 2.24) is 58.6 Å². The zero-order valence-corrected chi connectivity index (χ0v) is 28.0. The van der Waals surface area contributed by atoms with E-state index in [9.17, 15) is 0 Å². The Morgan fingerprint density at radius 3 is 1.33 bits per heavy atom. The molecule has 3 atom stereocenters. The molecule has 10 rings (SSSR count). The smallest absolute Gasteiger partial charge is 0.165 e. The van der Waals surface area contributed by atoms with Crippen LogP contribution in [-0.2, 0) is 14.2 Å². The summed E-state index contributed by atoms with van der Waals surface area (Å²) < 4.78 is 24.4. The van der Waals surface area contributed by atoms with Gasteiger partial charge in [-0.3, -0.25) is 13.7 Å². The maximum absolute atomic E-state index is 6.13. The van der Waals surface area contributed by atoms with E-state index >= 15 is 0 Å². The maximum atomic E-state index is 6.13. The van der Waals surface area contributed by atoms with E-state index in [4.69, 9.17) is 44.1 Å². The van der Waals surface area contributed by atoms with Crippen molar-refractivity contribution in [3.8, 4) is 33.8 Å². The van der Waals surface area contributed by atoms with Crippen LogP contribution in [0.2, 0.25) is 0 Å². The highest BCUT2D eigenvalue weighted by Gasteiger charge is 2.26. The molecular weight excluding hydrogens is 648 g/mol. The molecule has 0 saturated carbocycles. The Morgan fingerprint density at radius 1 is 0.451 bits per heavy atom. The molecular formula is C36H36N12O3. The topological polar surface area (TPSA) is 158 Å². The van der Waals surface area contributed by atoms with Crippen molar-refractivity contribution in [1.29, 1.82) is 0 Å². The van der Waals surface area contributed by atoms with E-state index in [2.05, 4.69) is 21.0 Å². The van der Waals surface area contributed by atoms with Crippen molar-refractivity contribution in [3.05, 3.63) is 56.2 Å². The molecule has 0 bridgehead atoms. The van der Waals surface area contributed by atoms with Gasteiger partial charge >= 0.3 is 0 Å². The highest BCUT2D eigenvalue weighted by Crippen LogP contribution is 2.40. The lowest BCUT2D eigenvalue weighted by Gasteiger charge is -2.23. The van der Waals surface area contributed by atoms with E-state index in [1.165, 1.54) is 0 Å². The SMILES string of the molecule is c1nc(-c2ccc(-c3ncnc4c3ncn4C3CCCCO3)c(-c3ncnc4c3ncn4C3CCCCO3)c2)c2ncn(C3CCCCO3)c2n1. The molecule has 3 saturated heterocycles. The molecule has 0 N–H and O–H groups in total. The standard InChI is InChI=1S/C36H36N12O3/c1-4-12-49-25(7-1)46-19-43-31-28(37-16-40-34(31)46)22-10-11-23(29-32-35(41-17-38-29)47(20-44-32)26-8-2-5-13-50-26)24(15-22)30-33-36(42-18-39-30)48(21-45-33)27-9-3-6-14-51-27/h10-11,15-21,25-27H,1-9,12-14H2. The average molecular weight is 685 g/mol. The number of hydrogen-bond acceptors (Lipinski definition) is 12. The molecule has 7 aromatic rings. The van der Waals surface area contributed by atoms with Crippen LogP contribution in [0, 0.1) is 0 Å². The van der Waals surface area contributed by atoms with Crippen molar-refractivity contribution >= 4 is 33.5 Å². The Labute approximate surface area is 292 Å². The minimum Gasteiger partial charge on any atom is -0.358 e. The Kier molecular flexibility index (Phi) is 7.68. The van der Waals surface area contributed by atoms with Gasteiger partial charge in [0.2, 0.25) is 0 Å². The van der Waals surface area contributed by atoms with Crippen LogP contribution in [0.3, 0.4) is 0 Å². The summed E-state index contributed by atoms with van der Waals surface area (Å²) >= 11 is 0. The number of hydrogen-bond donors (Lipinski definition) is 0. The fraction of sp³-hybridized carbons (Fsp3) is 0.417. The van der Waals surface area contributed by atoms with Crippen LogP contribution in [0.15, 0.2) is 56.2 Å². The van der Waals surface area contributed by atoms with Crippen molar-refractivity contribution in [2.75, 3.05) is 19.8 Å². The predicted molar refractivity (Wildman–Crippen MR) is 186 cm³/mol. The van der Waals surface area contributed by atoms with Gasteiger partial charge in [0.05, 0.1) is 19.0 Å². The summed E-state index contributed by atoms with van der Waals surface area (Å²) in [5.74, 6) is 0. The normalized spacial score (nSPS) is 21.5. The molecule has 0 amide bonds. The summed E-state index contributed by atoms with van der Waals surface area (Å²) in [4.78, 5) is 42.9. The molecule has 15 heteroatoms. The highest BCUT2D eigenvalue weighted by molar-refractivity contribution is 6.00. The molecule has 3 fully saturated rings. The zero-order valence-electron chi connectivity index (χ0n) is 28.0. The third-order valence-corrected chi connectivity index (χ3v) is 10.3. The molecule has 3 unspecified atom stereocenters. The number of imidazole rings is 3. The number of ether oxygens (including phenoxy) is 3. The van der Waals surface area contributed by atoms with E-state index in [1.807, 2.05) is 44.8 Å². The van der Waals surface area contributed by atoms with Crippen LogP contribution in [-0.4, -0.2) is 78.4 Å². The minimum atomic E-state index is -0.123. The summed E-state index contributed by atoms with van der Waals surface area (Å²) in [6.45, 7) is 2.16. The van der Waals surface area contributed by atoms with Gasteiger partial charge in [0, 0.05) is 36.5 Å². The monoisotopic (exact) mass is 684 g/mol. The Bertz CT molecular complexity index is 2370. The molecule has 3 aliphatic heterocycles. The second-order valence-corrected chi connectivity index (χ2v) is 13.4. The lowest BCUT2D eigenvalue weighted by molar-refractivity contribution is -0.0299. The lowest BCUT2D eigenvalue weighted by Crippen LogP contribution is -2.17. The summed E-state index contributed by atoms with van der Waals surface area (Å²) in [6, 6.07) is 6.17. The molecule has 15 nitrogen and oxygen atoms in total. The number of aromatic nitrogens is 12. The van der Waals surface area contributed by atoms with E-state index in [-0.39, 0.29) is 18.7 Å². The van der Waals surface area contributed by atoms with Crippen LogP contribution in [0.1, 0.15) is 76.5 Å². The van der Waals surface area contributed by atoms with Crippen LogP contribution < -0.4 is 0 Å².